The van der Waals surface area contributed by atoms with Crippen molar-refractivity contribution in [3.05, 3.63) is 52.1 Å². The molecule has 0 radical (unpaired) electrons. The average molecular weight is 296 g/mol. The van der Waals surface area contributed by atoms with E-state index in [4.69, 9.17) is 4.74 Å². The van der Waals surface area contributed by atoms with Crippen LogP contribution < -0.4 is 4.74 Å². The summed E-state index contributed by atoms with van der Waals surface area (Å²) < 4.78 is 7.32. The number of fused-ring (bicyclic) bond motifs is 3. The van der Waals surface area contributed by atoms with Crippen LogP contribution in [0.2, 0.25) is 0 Å². The number of rotatable bonds is 1. The topological polar surface area (TPSA) is 26.3 Å². The molecule has 106 valence electrons. The lowest BCUT2D eigenvalue weighted by atomic mass is 9.91. The number of hydrogen-bond acceptors (Lipinski definition) is 3. The van der Waals surface area contributed by atoms with Crippen LogP contribution >= 0.6 is 11.3 Å². The van der Waals surface area contributed by atoms with Gasteiger partial charge in [0.2, 0.25) is 0 Å². The zero-order valence-corrected chi connectivity index (χ0v) is 12.9. The Labute approximate surface area is 127 Å². The van der Waals surface area contributed by atoms with Crippen LogP contribution in [0.15, 0.2) is 41.7 Å². The van der Waals surface area contributed by atoms with E-state index >= 15 is 0 Å². The highest BCUT2D eigenvalue weighted by atomic mass is 32.1. The third-order valence-electron chi connectivity index (χ3n) is 4.12. The van der Waals surface area contributed by atoms with Gasteiger partial charge in [-0.3, -0.25) is 4.79 Å². The molecular formula is C18H16O2S. The summed E-state index contributed by atoms with van der Waals surface area (Å²) in [5.41, 5.74) is 2.34. The van der Waals surface area contributed by atoms with Gasteiger partial charge in [-0.05, 0) is 47.2 Å². The lowest BCUT2D eigenvalue weighted by Gasteiger charge is -2.24. The molecule has 1 aliphatic carbocycles. The lowest BCUT2D eigenvalue weighted by molar-refractivity contribution is -0.114. The van der Waals surface area contributed by atoms with E-state index < -0.39 is 0 Å². The Morgan fingerprint density at radius 1 is 1.19 bits per heavy atom. The highest BCUT2D eigenvalue weighted by Gasteiger charge is 2.24. The van der Waals surface area contributed by atoms with E-state index in [9.17, 15) is 4.79 Å². The van der Waals surface area contributed by atoms with Gasteiger partial charge in [-0.15, -0.1) is 11.3 Å². The van der Waals surface area contributed by atoms with Crippen LogP contribution in [-0.4, -0.2) is 5.78 Å². The lowest BCUT2D eigenvalue weighted by Crippen LogP contribution is -2.15. The van der Waals surface area contributed by atoms with Crippen molar-refractivity contribution in [1.29, 1.82) is 0 Å². The van der Waals surface area contributed by atoms with Crippen molar-refractivity contribution in [3.8, 4) is 5.75 Å². The summed E-state index contributed by atoms with van der Waals surface area (Å²) in [7, 11) is 0. The van der Waals surface area contributed by atoms with Crippen LogP contribution in [0.25, 0.3) is 10.1 Å². The first-order chi connectivity index (χ1) is 10.1. The van der Waals surface area contributed by atoms with Gasteiger partial charge in [0.1, 0.15) is 11.5 Å². The van der Waals surface area contributed by atoms with Gasteiger partial charge in [0, 0.05) is 28.0 Å². The highest BCUT2D eigenvalue weighted by Crippen LogP contribution is 2.41. The van der Waals surface area contributed by atoms with Crippen molar-refractivity contribution in [3.63, 3.8) is 0 Å². The minimum Gasteiger partial charge on any atom is -0.457 e. The highest BCUT2D eigenvalue weighted by molar-refractivity contribution is 7.19. The molecule has 2 nitrogen and oxygen atoms in total. The summed E-state index contributed by atoms with van der Waals surface area (Å²) in [4.78, 5) is 13.0. The quantitative estimate of drug-likeness (QED) is 0.759. The molecule has 1 aliphatic heterocycles. The normalized spacial score (nSPS) is 17.2. The van der Waals surface area contributed by atoms with E-state index in [0.29, 0.717) is 12.3 Å². The second kappa shape index (κ2) is 4.57. The summed E-state index contributed by atoms with van der Waals surface area (Å²) >= 11 is 1.86. The van der Waals surface area contributed by atoms with Gasteiger partial charge in [0.25, 0.3) is 0 Å². The molecule has 2 heterocycles. The molecule has 0 saturated carbocycles. The summed E-state index contributed by atoms with van der Waals surface area (Å²) in [6, 6.07) is 6.50. The van der Waals surface area contributed by atoms with E-state index in [2.05, 4.69) is 32.0 Å². The largest absolute Gasteiger partial charge is 0.457 e. The summed E-state index contributed by atoms with van der Waals surface area (Å²) in [5, 5.41) is 1.29. The average Bonchev–Trinajstić information content (AvgIpc) is 2.90. The molecular weight excluding hydrogens is 280 g/mol. The minimum absolute atomic E-state index is 0.168. The molecule has 0 N–H and O–H groups in total. The molecule has 0 bridgehead atoms. The van der Waals surface area contributed by atoms with Crippen molar-refractivity contribution in [1.82, 2.24) is 0 Å². The third-order valence-corrected chi connectivity index (χ3v) is 5.53. The number of thiophene rings is 1. The van der Waals surface area contributed by atoms with E-state index in [1.807, 2.05) is 17.4 Å². The van der Waals surface area contributed by atoms with Gasteiger partial charge in [-0.1, -0.05) is 13.8 Å². The van der Waals surface area contributed by atoms with E-state index in [1.54, 1.807) is 6.08 Å². The molecule has 0 atom stereocenters. The number of ketones is 1. The van der Waals surface area contributed by atoms with Crippen molar-refractivity contribution >= 4 is 27.2 Å². The van der Waals surface area contributed by atoms with Gasteiger partial charge in [-0.25, -0.2) is 0 Å². The number of benzene rings is 1. The van der Waals surface area contributed by atoms with Crippen LogP contribution in [0.1, 0.15) is 36.6 Å². The van der Waals surface area contributed by atoms with Crippen molar-refractivity contribution < 1.29 is 9.53 Å². The van der Waals surface area contributed by atoms with Crippen LogP contribution in [0.4, 0.5) is 0 Å². The van der Waals surface area contributed by atoms with E-state index in [0.717, 1.165) is 23.5 Å². The fourth-order valence-corrected chi connectivity index (χ4v) is 4.06. The fourth-order valence-electron chi connectivity index (χ4n) is 2.96. The molecule has 0 unspecified atom stereocenters. The molecule has 1 aromatic carbocycles. The van der Waals surface area contributed by atoms with Gasteiger partial charge < -0.3 is 4.74 Å². The third kappa shape index (κ3) is 2.04. The van der Waals surface area contributed by atoms with Crippen molar-refractivity contribution in [2.24, 2.45) is 0 Å². The van der Waals surface area contributed by atoms with Gasteiger partial charge in [-0.2, -0.15) is 0 Å². The molecule has 0 saturated heterocycles. The number of carbonyl (C=O) groups excluding carboxylic acids is 1. The predicted octanol–water partition coefficient (Wildman–Crippen LogP) is 4.74. The van der Waals surface area contributed by atoms with Crippen LogP contribution in [0, 0.1) is 0 Å². The summed E-state index contributed by atoms with van der Waals surface area (Å²) in [5.74, 6) is 2.51. The molecule has 0 amide bonds. The van der Waals surface area contributed by atoms with Crippen LogP contribution in [0.5, 0.6) is 5.75 Å². The van der Waals surface area contributed by atoms with Crippen LogP contribution in [0.3, 0.4) is 0 Å². The van der Waals surface area contributed by atoms with Crippen molar-refractivity contribution in [2.75, 3.05) is 0 Å². The Morgan fingerprint density at radius 3 is 2.86 bits per heavy atom. The number of carbonyl (C=O) groups is 1. The Morgan fingerprint density at radius 2 is 2.05 bits per heavy atom. The predicted molar refractivity (Wildman–Crippen MR) is 86.0 cm³/mol. The van der Waals surface area contributed by atoms with Gasteiger partial charge in [0.15, 0.2) is 5.78 Å². The summed E-state index contributed by atoms with van der Waals surface area (Å²) in [6.07, 6.45) is 4.74. The molecule has 2 aliphatic rings. The molecule has 2 aromatic rings. The maximum absolute atomic E-state index is 11.6. The molecule has 0 spiro atoms. The molecule has 3 heteroatoms. The Bertz CT molecular complexity index is 821. The molecule has 21 heavy (non-hydrogen) atoms. The first kappa shape index (κ1) is 12.8. The van der Waals surface area contributed by atoms with Gasteiger partial charge in [0.05, 0.1) is 0 Å². The molecule has 0 fully saturated rings. The fraction of sp³-hybridized carbons (Fsp3) is 0.278. The second-order valence-corrected chi connectivity index (χ2v) is 7.10. The minimum atomic E-state index is 0.168. The number of ether oxygens (including phenoxy) is 1. The number of hydrogen-bond donors (Lipinski definition) is 0. The maximum atomic E-state index is 11.6. The molecule has 4 rings (SSSR count). The Hall–Kier alpha value is -1.87. The number of allylic oxidation sites excluding steroid dienone is 3. The zero-order valence-electron chi connectivity index (χ0n) is 12.1. The van der Waals surface area contributed by atoms with Crippen LogP contribution in [-0.2, 0) is 11.2 Å². The first-order valence-corrected chi connectivity index (χ1v) is 8.09. The zero-order chi connectivity index (χ0) is 14.6. The second-order valence-electron chi connectivity index (χ2n) is 5.98. The summed E-state index contributed by atoms with van der Waals surface area (Å²) in [6.45, 7) is 4.44. The molecule has 1 aromatic heterocycles. The SMILES string of the molecule is CC(C)c1cc2c3c(ccc2s1)OC1=C(CC(=O)C=C1)C3. The van der Waals surface area contributed by atoms with Crippen molar-refractivity contribution in [2.45, 2.75) is 32.6 Å². The Balaban J connectivity index is 1.84. The maximum Gasteiger partial charge on any atom is 0.160 e. The standard InChI is InChI=1S/C18H16O2S/c1-10(2)18-9-14-13-8-11-7-12(19)3-4-15(11)20-16(13)5-6-17(14)21-18/h3-6,9-10H,7-8H2,1-2H3. The van der Waals surface area contributed by atoms with E-state index in [-0.39, 0.29) is 5.78 Å². The Kier molecular flexibility index (Phi) is 2.79. The first-order valence-electron chi connectivity index (χ1n) is 7.28. The van der Waals surface area contributed by atoms with Gasteiger partial charge >= 0.3 is 0 Å². The monoisotopic (exact) mass is 296 g/mol. The smallest absolute Gasteiger partial charge is 0.160 e. The van der Waals surface area contributed by atoms with E-state index in [1.165, 1.54) is 20.5 Å².